The Morgan fingerprint density at radius 3 is 2.79 bits per heavy atom. The summed E-state index contributed by atoms with van der Waals surface area (Å²) in [4.78, 5) is 23.3. The van der Waals surface area contributed by atoms with Crippen molar-refractivity contribution in [3.05, 3.63) is 94.8 Å². The van der Waals surface area contributed by atoms with Gasteiger partial charge in [0, 0.05) is 42.6 Å². The van der Waals surface area contributed by atoms with Gasteiger partial charge < -0.3 is 20.1 Å². The second-order valence-corrected chi connectivity index (χ2v) is 10.4. The van der Waals surface area contributed by atoms with Gasteiger partial charge >= 0.3 is 5.97 Å². The standard InChI is InChI=1S/C29H28F2N4O3S/c1-3-37-29(36)25(32)16-39-27-21-5-4-10-33-28(21)35(2)14-18-7-9-20(12-22(18)27)38-15-19-8-6-17-11-23(30)24(31)13-26(17)34-19/h4-13,25,27H,3,14-16,32H2,1-2H3/t25-,27?/m0/s1. The van der Waals surface area contributed by atoms with E-state index >= 15 is 0 Å². The van der Waals surface area contributed by atoms with Crippen LogP contribution in [0, 0.1) is 11.6 Å². The highest BCUT2D eigenvalue weighted by Crippen LogP contribution is 2.45. The fraction of sp³-hybridized carbons (Fsp3) is 0.276. The van der Waals surface area contributed by atoms with Crippen molar-refractivity contribution in [2.24, 2.45) is 5.73 Å². The zero-order valence-electron chi connectivity index (χ0n) is 21.6. The number of carbonyl (C=O) groups excluding carboxylic acids is 1. The summed E-state index contributed by atoms with van der Waals surface area (Å²) in [7, 11) is 2.00. The van der Waals surface area contributed by atoms with Crippen LogP contribution >= 0.6 is 11.8 Å². The molecule has 0 bridgehead atoms. The monoisotopic (exact) mass is 550 g/mol. The van der Waals surface area contributed by atoms with Crippen molar-refractivity contribution in [3.63, 3.8) is 0 Å². The highest BCUT2D eigenvalue weighted by molar-refractivity contribution is 7.99. The van der Waals surface area contributed by atoms with E-state index < -0.39 is 23.6 Å². The largest absolute Gasteiger partial charge is 0.487 e. The maximum Gasteiger partial charge on any atom is 0.323 e. The molecule has 10 heteroatoms. The number of ether oxygens (including phenoxy) is 2. The maximum absolute atomic E-state index is 13.7. The Labute approximate surface area is 229 Å². The summed E-state index contributed by atoms with van der Waals surface area (Å²) in [5.41, 5.74) is 10.2. The van der Waals surface area contributed by atoms with Crippen LogP contribution in [0.1, 0.15) is 34.6 Å². The number of fused-ring (bicyclic) bond motifs is 3. The first kappa shape index (κ1) is 26.8. The summed E-state index contributed by atoms with van der Waals surface area (Å²) in [6, 6.07) is 14.7. The predicted octanol–water partition coefficient (Wildman–Crippen LogP) is 5.15. The van der Waals surface area contributed by atoms with Crippen LogP contribution in [0.25, 0.3) is 10.9 Å². The van der Waals surface area contributed by atoms with E-state index in [1.54, 1.807) is 37.0 Å². The summed E-state index contributed by atoms with van der Waals surface area (Å²) in [5, 5.41) is 0.370. The molecule has 0 fully saturated rings. The molecule has 1 unspecified atom stereocenters. The van der Waals surface area contributed by atoms with Crippen LogP contribution in [-0.4, -0.2) is 41.4 Å². The molecule has 2 aromatic heterocycles. The Morgan fingerprint density at radius 1 is 1.15 bits per heavy atom. The van der Waals surface area contributed by atoms with Crippen molar-refractivity contribution in [2.45, 2.75) is 31.4 Å². The Kier molecular flexibility index (Phi) is 7.94. The summed E-state index contributed by atoms with van der Waals surface area (Å²) in [6.45, 7) is 2.83. The lowest BCUT2D eigenvalue weighted by atomic mass is 10.0. The highest BCUT2D eigenvalue weighted by Gasteiger charge is 2.29. The van der Waals surface area contributed by atoms with Gasteiger partial charge in [0.2, 0.25) is 0 Å². The van der Waals surface area contributed by atoms with E-state index in [9.17, 15) is 13.6 Å². The molecule has 0 radical (unpaired) electrons. The lowest BCUT2D eigenvalue weighted by Crippen LogP contribution is -2.34. The molecular formula is C29H28F2N4O3S. The molecule has 2 N–H and O–H groups in total. The molecule has 5 rings (SSSR count). The zero-order valence-corrected chi connectivity index (χ0v) is 22.4. The number of nitrogens with zero attached hydrogens (tertiary/aromatic N) is 3. The second kappa shape index (κ2) is 11.5. The van der Waals surface area contributed by atoms with E-state index in [2.05, 4.69) is 14.9 Å². The van der Waals surface area contributed by atoms with Gasteiger partial charge in [-0.3, -0.25) is 4.79 Å². The van der Waals surface area contributed by atoms with Crippen LogP contribution < -0.4 is 15.4 Å². The van der Waals surface area contributed by atoms with Gasteiger partial charge in [-0.1, -0.05) is 18.2 Å². The molecule has 3 heterocycles. The molecule has 0 spiro atoms. The lowest BCUT2D eigenvalue weighted by molar-refractivity contribution is -0.144. The van der Waals surface area contributed by atoms with Crippen LogP contribution in [0.3, 0.4) is 0 Å². The summed E-state index contributed by atoms with van der Waals surface area (Å²) in [6.07, 6.45) is 1.77. The number of benzene rings is 2. The smallest absolute Gasteiger partial charge is 0.323 e. The van der Waals surface area contributed by atoms with Crippen molar-refractivity contribution < 1.29 is 23.0 Å². The molecule has 39 heavy (non-hydrogen) atoms. The third-order valence-electron chi connectivity index (χ3n) is 6.48. The van der Waals surface area contributed by atoms with Crippen LogP contribution in [0.5, 0.6) is 5.75 Å². The number of thioether (sulfide) groups is 1. The van der Waals surface area contributed by atoms with E-state index in [1.807, 2.05) is 37.4 Å². The minimum atomic E-state index is -0.940. The third kappa shape index (κ3) is 5.81. The first-order chi connectivity index (χ1) is 18.8. The van der Waals surface area contributed by atoms with Gasteiger partial charge in [0.1, 0.15) is 24.2 Å². The summed E-state index contributed by atoms with van der Waals surface area (Å²) < 4.78 is 38.4. The number of aromatic nitrogens is 2. The van der Waals surface area contributed by atoms with Crippen LogP contribution in [0.4, 0.5) is 14.6 Å². The summed E-state index contributed by atoms with van der Waals surface area (Å²) >= 11 is 1.56. The van der Waals surface area contributed by atoms with Crippen molar-refractivity contribution in [1.82, 2.24) is 9.97 Å². The Hall–Kier alpha value is -3.76. The highest BCUT2D eigenvalue weighted by atomic mass is 32.2. The number of rotatable bonds is 8. The molecule has 1 aliphatic rings. The van der Waals surface area contributed by atoms with E-state index in [1.165, 1.54) is 0 Å². The number of hydrogen-bond acceptors (Lipinski definition) is 8. The van der Waals surface area contributed by atoms with E-state index in [0.29, 0.717) is 34.6 Å². The number of pyridine rings is 2. The molecule has 0 saturated heterocycles. The van der Waals surface area contributed by atoms with Crippen LogP contribution in [0.2, 0.25) is 0 Å². The fourth-order valence-corrected chi connectivity index (χ4v) is 5.87. The Morgan fingerprint density at radius 2 is 1.97 bits per heavy atom. The third-order valence-corrected chi connectivity index (χ3v) is 7.87. The van der Waals surface area contributed by atoms with Gasteiger partial charge in [0.05, 0.1) is 23.1 Å². The zero-order chi connectivity index (χ0) is 27.5. The predicted molar refractivity (Wildman–Crippen MR) is 148 cm³/mol. The first-order valence-electron chi connectivity index (χ1n) is 12.5. The molecule has 202 valence electrons. The Bertz CT molecular complexity index is 1520. The summed E-state index contributed by atoms with van der Waals surface area (Å²) in [5.74, 6) is -0.408. The minimum Gasteiger partial charge on any atom is -0.487 e. The minimum absolute atomic E-state index is 0.144. The maximum atomic E-state index is 13.7. The normalized spacial score (nSPS) is 15.3. The number of hydrogen-bond donors (Lipinski definition) is 1. The quantitative estimate of drug-likeness (QED) is 0.301. The number of esters is 1. The molecule has 2 aromatic carbocycles. The number of halogens is 2. The molecule has 0 aliphatic carbocycles. The topological polar surface area (TPSA) is 90.6 Å². The van der Waals surface area contributed by atoms with E-state index in [4.69, 9.17) is 15.2 Å². The molecule has 1 aliphatic heterocycles. The van der Waals surface area contributed by atoms with Crippen molar-refractivity contribution in [2.75, 3.05) is 24.3 Å². The fourth-order valence-electron chi connectivity index (χ4n) is 4.58. The average Bonchev–Trinajstić information content (AvgIpc) is 3.05. The average molecular weight is 551 g/mol. The van der Waals surface area contributed by atoms with Crippen molar-refractivity contribution in [3.8, 4) is 5.75 Å². The molecule has 7 nitrogen and oxygen atoms in total. The van der Waals surface area contributed by atoms with Crippen molar-refractivity contribution >= 4 is 34.5 Å². The SMILES string of the molecule is CCOC(=O)[C@@H](N)CSC1c2cc(OCc3ccc4cc(F)c(F)cc4n3)ccc2CN(C)c2ncccc21. The van der Waals surface area contributed by atoms with Gasteiger partial charge in [-0.2, -0.15) is 0 Å². The first-order valence-corrected chi connectivity index (χ1v) is 13.6. The second-order valence-electron chi connectivity index (χ2n) is 9.26. The lowest BCUT2D eigenvalue weighted by Gasteiger charge is -2.22. The van der Waals surface area contributed by atoms with Crippen LogP contribution in [-0.2, 0) is 22.7 Å². The number of anilines is 1. The Balaban J connectivity index is 1.42. The molecule has 2 atom stereocenters. The van der Waals surface area contributed by atoms with Gasteiger partial charge in [0.25, 0.3) is 0 Å². The van der Waals surface area contributed by atoms with E-state index in [-0.39, 0.29) is 18.5 Å². The van der Waals surface area contributed by atoms with Gasteiger partial charge in [-0.05, 0) is 48.4 Å². The van der Waals surface area contributed by atoms with Crippen molar-refractivity contribution in [1.29, 1.82) is 0 Å². The molecular weight excluding hydrogens is 522 g/mol. The number of carbonyl (C=O) groups is 1. The van der Waals surface area contributed by atoms with E-state index in [0.717, 1.165) is 34.6 Å². The molecule has 0 amide bonds. The van der Waals surface area contributed by atoms with Gasteiger partial charge in [-0.15, -0.1) is 11.8 Å². The van der Waals surface area contributed by atoms with Gasteiger partial charge in [0.15, 0.2) is 11.6 Å². The molecule has 0 saturated carbocycles. The number of nitrogens with two attached hydrogens (primary N) is 1. The molecule has 4 aromatic rings. The van der Waals surface area contributed by atoms with Crippen LogP contribution in [0.15, 0.2) is 60.8 Å². The van der Waals surface area contributed by atoms with Gasteiger partial charge in [-0.25, -0.2) is 18.7 Å².